The molecule has 1 unspecified atom stereocenters. The van der Waals surface area contributed by atoms with E-state index in [1.54, 1.807) is 12.4 Å². The van der Waals surface area contributed by atoms with Gasteiger partial charge >= 0.3 is 0 Å². The molecule has 1 N–H and O–H groups in total. The molecule has 3 aromatic rings. The number of nitrogens with one attached hydrogen (secondary N) is 1. The number of fused-ring (bicyclic) bond motifs is 1. The molecule has 18 heavy (non-hydrogen) atoms. The lowest BCUT2D eigenvalue weighted by Crippen LogP contribution is -2.09. The molecule has 90 valence electrons. The van der Waals surface area contributed by atoms with E-state index in [2.05, 4.69) is 37.8 Å². The highest BCUT2D eigenvalue weighted by atomic mass is 15.6. The van der Waals surface area contributed by atoms with E-state index in [-0.39, 0.29) is 6.04 Å². The molecular weight excluding hydrogens is 230 g/mol. The van der Waals surface area contributed by atoms with Crippen molar-refractivity contribution < 1.29 is 0 Å². The van der Waals surface area contributed by atoms with Crippen LogP contribution in [0.15, 0.2) is 36.7 Å². The van der Waals surface area contributed by atoms with Gasteiger partial charge in [-0.05, 0) is 47.2 Å². The van der Waals surface area contributed by atoms with Gasteiger partial charge in [0.25, 0.3) is 0 Å². The average molecular weight is 241 g/mol. The summed E-state index contributed by atoms with van der Waals surface area (Å²) in [4.78, 5) is 3.99. The van der Waals surface area contributed by atoms with Crippen molar-refractivity contribution in [2.24, 2.45) is 0 Å². The predicted octanol–water partition coefficient (Wildman–Crippen LogP) is 1.09. The van der Waals surface area contributed by atoms with Crippen molar-refractivity contribution in [3.63, 3.8) is 0 Å². The van der Waals surface area contributed by atoms with E-state index < -0.39 is 0 Å². The smallest absolute Gasteiger partial charge is 0.200 e. The zero-order chi connectivity index (χ0) is 12.4. The number of rotatable bonds is 3. The number of nitrogens with zero attached hydrogens (tertiary/aromatic N) is 6. The number of hydrogen-bond acceptors (Lipinski definition) is 6. The van der Waals surface area contributed by atoms with Crippen LogP contribution in [0.2, 0.25) is 0 Å². The summed E-state index contributed by atoms with van der Waals surface area (Å²) in [5.41, 5.74) is 1.76. The maximum absolute atomic E-state index is 4.25. The molecule has 0 aliphatic rings. The van der Waals surface area contributed by atoms with E-state index in [4.69, 9.17) is 0 Å². The van der Waals surface area contributed by atoms with Crippen LogP contribution in [0.1, 0.15) is 18.5 Å². The van der Waals surface area contributed by atoms with Crippen molar-refractivity contribution in [1.82, 2.24) is 30.2 Å². The van der Waals surface area contributed by atoms with Gasteiger partial charge in [-0.15, -0.1) is 14.8 Å². The summed E-state index contributed by atoms with van der Waals surface area (Å²) in [7, 11) is 0. The van der Waals surface area contributed by atoms with Gasteiger partial charge in [-0.3, -0.25) is 4.98 Å². The second-order valence-electron chi connectivity index (χ2n) is 3.89. The third kappa shape index (κ3) is 1.97. The molecule has 0 bridgehead atoms. The molecule has 0 spiro atoms. The van der Waals surface area contributed by atoms with Crippen LogP contribution in [0, 0.1) is 0 Å². The minimum absolute atomic E-state index is 0.134. The van der Waals surface area contributed by atoms with Crippen molar-refractivity contribution in [1.29, 1.82) is 0 Å². The number of pyridine rings is 1. The van der Waals surface area contributed by atoms with Gasteiger partial charge in [0.2, 0.25) is 0 Å². The molecule has 0 aliphatic heterocycles. The third-order valence-corrected chi connectivity index (χ3v) is 2.64. The Kier molecular flexibility index (Phi) is 2.56. The van der Waals surface area contributed by atoms with Crippen molar-refractivity contribution in [3.05, 3.63) is 42.2 Å². The first-order valence-electron chi connectivity index (χ1n) is 5.55. The minimum atomic E-state index is 0.134. The van der Waals surface area contributed by atoms with Gasteiger partial charge in [-0.1, -0.05) is 0 Å². The summed E-state index contributed by atoms with van der Waals surface area (Å²) in [6.07, 6.45) is 3.54. The second kappa shape index (κ2) is 4.36. The van der Waals surface area contributed by atoms with Gasteiger partial charge in [0.15, 0.2) is 5.65 Å². The first-order chi connectivity index (χ1) is 8.83. The first kappa shape index (κ1) is 10.6. The summed E-state index contributed by atoms with van der Waals surface area (Å²) in [5, 5.41) is 18.6. The van der Waals surface area contributed by atoms with Gasteiger partial charge in [0.1, 0.15) is 5.82 Å². The molecule has 3 aromatic heterocycles. The molecule has 3 rings (SSSR count). The van der Waals surface area contributed by atoms with Gasteiger partial charge < -0.3 is 5.32 Å². The largest absolute Gasteiger partial charge is 0.362 e. The SMILES string of the molecule is CC(Nc1ccc2nnnn2n1)c1ccncc1. The molecule has 0 amide bonds. The van der Waals surface area contributed by atoms with Crippen LogP contribution >= 0.6 is 0 Å². The van der Waals surface area contributed by atoms with E-state index in [1.807, 2.05) is 24.3 Å². The molecule has 0 aromatic carbocycles. The van der Waals surface area contributed by atoms with Crippen LogP contribution in [0.4, 0.5) is 5.82 Å². The Morgan fingerprint density at radius 3 is 2.83 bits per heavy atom. The summed E-state index contributed by atoms with van der Waals surface area (Å²) < 4.78 is 1.39. The molecule has 7 heteroatoms. The lowest BCUT2D eigenvalue weighted by atomic mass is 10.1. The van der Waals surface area contributed by atoms with E-state index in [0.29, 0.717) is 5.65 Å². The zero-order valence-electron chi connectivity index (χ0n) is 9.72. The Labute approximate surface area is 103 Å². The van der Waals surface area contributed by atoms with E-state index in [1.165, 1.54) is 4.63 Å². The molecule has 7 nitrogen and oxygen atoms in total. The number of aromatic nitrogens is 6. The van der Waals surface area contributed by atoms with Crippen LogP contribution in [-0.4, -0.2) is 30.2 Å². The van der Waals surface area contributed by atoms with Gasteiger partial charge in [0, 0.05) is 12.4 Å². The Balaban J connectivity index is 1.83. The van der Waals surface area contributed by atoms with Crippen LogP contribution in [0.3, 0.4) is 0 Å². The quantitative estimate of drug-likeness (QED) is 0.739. The maximum Gasteiger partial charge on any atom is 0.200 e. The Morgan fingerprint density at radius 1 is 1.17 bits per heavy atom. The van der Waals surface area contributed by atoms with Gasteiger partial charge in [0.05, 0.1) is 6.04 Å². The van der Waals surface area contributed by atoms with E-state index in [0.717, 1.165) is 11.4 Å². The van der Waals surface area contributed by atoms with Crippen LogP contribution in [0.5, 0.6) is 0 Å². The zero-order valence-corrected chi connectivity index (χ0v) is 9.72. The average Bonchev–Trinajstić information content (AvgIpc) is 2.87. The van der Waals surface area contributed by atoms with E-state index >= 15 is 0 Å². The highest BCUT2D eigenvalue weighted by molar-refractivity contribution is 5.43. The van der Waals surface area contributed by atoms with Crippen molar-refractivity contribution in [2.45, 2.75) is 13.0 Å². The minimum Gasteiger partial charge on any atom is -0.362 e. The molecule has 0 aliphatic carbocycles. The van der Waals surface area contributed by atoms with Crippen molar-refractivity contribution in [3.8, 4) is 0 Å². The van der Waals surface area contributed by atoms with E-state index in [9.17, 15) is 0 Å². The topological polar surface area (TPSA) is 80.9 Å². The summed E-state index contributed by atoms with van der Waals surface area (Å²) >= 11 is 0. The molecular formula is C11H11N7. The summed E-state index contributed by atoms with van der Waals surface area (Å²) in [5.74, 6) is 0.721. The molecule has 0 saturated heterocycles. The summed E-state index contributed by atoms with van der Waals surface area (Å²) in [6.45, 7) is 2.06. The van der Waals surface area contributed by atoms with Crippen LogP contribution < -0.4 is 5.32 Å². The van der Waals surface area contributed by atoms with Gasteiger partial charge in [-0.2, -0.15) is 0 Å². The fraction of sp³-hybridized carbons (Fsp3) is 0.182. The highest BCUT2D eigenvalue weighted by Gasteiger charge is 2.06. The fourth-order valence-electron chi connectivity index (χ4n) is 1.68. The third-order valence-electron chi connectivity index (χ3n) is 2.64. The molecule has 3 heterocycles. The van der Waals surface area contributed by atoms with Crippen molar-refractivity contribution in [2.75, 3.05) is 5.32 Å². The lowest BCUT2D eigenvalue weighted by molar-refractivity contribution is 0.728. The van der Waals surface area contributed by atoms with Crippen LogP contribution in [-0.2, 0) is 0 Å². The van der Waals surface area contributed by atoms with Crippen molar-refractivity contribution >= 4 is 11.5 Å². The predicted molar refractivity (Wildman–Crippen MR) is 64.9 cm³/mol. The lowest BCUT2D eigenvalue weighted by Gasteiger charge is -2.14. The second-order valence-corrected chi connectivity index (χ2v) is 3.89. The number of tetrazole rings is 1. The molecule has 1 atom stereocenters. The van der Waals surface area contributed by atoms with Gasteiger partial charge in [-0.25, -0.2) is 0 Å². The Bertz CT molecular complexity index is 649. The number of anilines is 1. The Morgan fingerprint density at radius 2 is 2.00 bits per heavy atom. The molecule has 0 radical (unpaired) electrons. The highest BCUT2D eigenvalue weighted by Crippen LogP contribution is 2.16. The first-order valence-corrected chi connectivity index (χ1v) is 5.55. The number of hydrogen-bond donors (Lipinski definition) is 1. The Hall–Kier alpha value is -2.57. The summed E-state index contributed by atoms with van der Waals surface area (Å²) in [6, 6.07) is 7.73. The maximum atomic E-state index is 4.25. The fourth-order valence-corrected chi connectivity index (χ4v) is 1.68. The normalized spacial score (nSPS) is 12.5. The molecule has 0 saturated carbocycles. The monoisotopic (exact) mass is 241 g/mol. The van der Waals surface area contributed by atoms with Crippen LogP contribution in [0.25, 0.3) is 5.65 Å². The molecule has 0 fully saturated rings. The standard InChI is InChI=1S/C11H11N7/c1-8(9-4-6-12-7-5-9)13-10-2-3-11-14-16-17-18(11)15-10/h2-8H,1H3,(H,13,15).